The minimum absolute atomic E-state index is 0.0630. The maximum absolute atomic E-state index is 12.8. The number of carbonyl (C=O) groups excluding carboxylic acids is 2. The highest BCUT2D eigenvalue weighted by atomic mass is 32.1. The van der Waals surface area contributed by atoms with E-state index >= 15 is 0 Å². The molecule has 0 radical (unpaired) electrons. The van der Waals surface area contributed by atoms with E-state index in [1.165, 1.54) is 4.90 Å². The summed E-state index contributed by atoms with van der Waals surface area (Å²) in [6.45, 7) is 3.94. The van der Waals surface area contributed by atoms with Crippen molar-refractivity contribution in [2.45, 2.75) is 13.8 Å². The first-order valence-corrected chi connectivity index (χ1v) is 7.91. The van der Waals surface area contributed by atoms with Crippen LogP contribution in [-0.4, -0.2) is 16.9 Å². The van der Waals surface area contributed by atoms with Crippen molar-refractivity contribution in [1.82, 2.24) is 5.32 Å². The average molecular weight is 336 g/mol. The Morgan fingerprint density at radius 1 is 0.917 bits per heavy atom. The Bertz CT molecular complexity index is 852. The second-order valence-corrected chi connectivity index (χ2v) is 6.09. The second-order valence-electron chi connectivity index (χ2n) is 5.70. The van der Waals surface area contributed by atoms with E-state index in [1.807, 2.05) is 50.2 Å². The number of nitrogens with zero attached hydrogens (tertiary/aromatic N) is 1. The third-order valence-electron chi connectivity index (χ3n) is 3.78. The first-order valence-electron chi connectivity index (χ1n) is 7.50. The van der Waals surface area contributed by atoms with Crippen LogP contribution in [0.25, 0.3) is 6.08 Å². The van der Waals surface area contributed by atoms with E-state index in [-0.39, 0.29) is 10.7 Å². The summed E-state index contributed by atoms with van der Waals surface area (Å²) in [6, 6.07) is 15.0. The van der Waals surface area contributed by atoms with Crippen molar-refractivity contribution in [2.75, 3.05) is 4.90 Å². The molecule has 120 valence electrons. The molecule has 4 nitrogen and oxygen atoms in total. The summed E-state index contributed by atoms with van der Waals surface area (Å²) in [5.41, 5.74) is 3.67. The van der Waals surface area contributed by atoms with Gasteiger partial charge in [0.15, 0.2) is 5.11 Å². The van der Waals surface area contributed by atoms with E-state index in [4.69, 9.17) is 12.2 Å². The van der Waals surface area contributed by atoms with E-state index < -0.39 is 11.8 Å². The maximum Gasteiger partial charge on any atom is 0.270 e. The smallest absolute Gasteiger partial charge is 0.270 e. The molecule has 0 saturated carbocycles. The Labute approximate surface area is 145 Å². The highest BCUT2D eigenvalue weighted by molar-refractivity contribution is 7.80. The van der Waals surface area contributed by atoms with Crippen LogP contribution >= 0.6 is 12.2 Å². The van der Waals surface area contributed by atoms with Gasteiger partial charge in [0.2, 0.25) is 0 Å². The number of hydrogen-bond donors (Lipinski definition) is 1. The number of carbonyl (C=O) groups is 2. The molecule has 0 bridgehead atoms. The summed E-state index contributed by atoms with van der Waals surface area (Å²) in [4.78, 5) is 26.4. The van der Waals surface area contributed by atoms with Crippen LogP contribution in [0.3, 0.4) is 0 Å². The standard InChI is InChI=1S/C19H16N2O2S/c1-12-3-7-14(8-4-12)11-16-17(22)20-19(24)21(18(16)23)15-9-5-13(2)6-10-15/h3-11H,1-2H3,(H,20,22,24)/b16-11+. The largest absolute Gasteiger partial charge is 0.298 e. The van der Waals surface area contributed by atoms with Crippen LogP contribution in [0.2, 0.25) is 0 Å². The summed E-state index contributed by atoms with van der Waals surface area (Å²) in [7, 11) is 0. The minimum atomic E-state index is -0.478. The molecule has 1 aliphatic heterocycles. The van der Waals surface area contributed by atoms with Crippen LogP contribution in [0.5, 0.6) is 0 Å². The van der Waals surface area contributed by atoms with Crippen molar-refractivity contribution in [2.24, 2.45) is 0 Å². The molecule has 0 atom stereocenters. The van der Waals surface area contributed by atoms with Crippen molar-refractivity contribution in [3.8, 4) is 0 Å². The number of benzene rings is 2. The fourth-order valence-corrected chi connectivity index (χ4v) is 2.70. The van der Waals surface area contributed by atoms with Crippen LogP contribution in [0.15, 0.2) is 54.1 Å². The lowest BCUT2D eigenvalue weighted by Gasteiger charge is -2.29. The van der Waals surface area contributed by atoms with Gasteiger partial charge in [-0.15, -0.1) is 0 Å². The number of anilines is 1. The SMILES string of the molecule is Cc1ccc(/C=C2\C(=O)NC(=S)N(c3ccc(C)cc3)C2=O)cc1. The molecule has 0 unspecified atom stereocenters. The molecule has 0 aliphatic carbocycles. The van der Waals surface area contributed by atoms with Gasteiger partial charge in [0.05, 0.1) is 5.69 Å². The maximum atomic E-state index is 12.8. The molecule has 0 aromatic heterocycles. The van der Waals surface area contributed by atoms with Crippen molar-refractivity contribution in [3.63, 3.8) is 0 Å². The number of thiocarbonyl (C=S) groups is 1. The predicted octanol–water partition coefficient (Wildman–Crippen LogP) is 3.13. The van der Waals surface area contributed by atoms with E-state index in [1.54, 1.807) is 18.2 Å². The van der Waals surface area contributed by atoms with Gasteiger partial charge in [0.1, 0.15) is 5.57 Å². The monoisotopic (exact) mass is 336 g/mol. The van der Waals surface area contributed by atoms with Gasteiger partial charge in [-0.05, 0) is 49.8 Å². The molecule has 5 heteroatoms. The van der Waals surface area contributed by atoms with Gasteiger partial charge >= 0.3 is 0 Å². The van der Waals surface area contributed by atoms with Crippen molar-refractivity contribution >= 4 is 40.9 Å². The van der Waals surface area contributed by atoms with Crippen LogP contribution in [-0.2, 0) is 9.59 Å². The number of amides is 2. The lowest BCUT2D eigenvalue weighted by molar-refractivity contribution is -0.122. The normalized spacial score (nSPS) is 16.5. The molecule has 1 N–H and O–H groups in total. The second kappa shape index (κ2) is 6.37. The predicted molar refractivity (Wildman–Crippen MR) is 98.6 cm³/mol. The molecule has 1 aliphatic rings. The summed E-state index contributed by atoms with van der Waals surface area (Å²) >= 11 is 5.18. The van der Waals surface area contributed by atoms with Gasteiger partial charge in [0, 0.05) is 0 Å². The van der Waals surface area contributed by atoms with E-state index in [9.17, 15) is 9.59 Å². The van der Waals surface area contributed by atoms with Gasteiger partial charge in [-0.3, -0.25) is 19.8 Å². The lowest BCUT2D eigenvalue weighted by atomic mass is 10.1. The molecule has 0 spiro atoms. The lowest BCUT2D eigenvalue weighted by Crippen LogP contribution is -2.54. The van der Waals surface area contributed by atoms with Gasteiger partial charge in [-0.25, -0.2) is 0 Å². The summed E-state index contributed by atoms with van der Waals surface area (Å²) in [5, 5.41) is 2.68. The van der Waals surface area contributed by atoms with Crippen LogP contribution in [0, 0.1) is 13.8 Å². The zero-order chi connectivity index (χ0) is 17.3. The van der Waals surface area contributed by atoms with Crippen molar-refractivity contribution in [3.05, 3.63) is 70.8 Å². The fourth-order valence-electron chi connectivity index (χ4n) is 2.42. The van der Waals surface area contributed by atoms with Crippen molar-refractivity contribution in [1.29, 1.82) is 0 Å². The third kappa shape index (κ3) is 3.12. The fraction of sp³-hybridized carbons (Fsp3) is 0.105. The van der Waals surface area contributed by atoms with Crippen LogP contribution in [0.1, 0.15) is 16.7 Å². The van der Waals surface area contributed by atoms with Gasteiger partial charge < -0.3 is 0 Å². The molecule has 1 heterocycles. The average Bonchev–Trinajstić information content (AvgIpc) is 2.55. The third-order valence-corrected chi connectivity index (χ3v) is 4.07. The first kappa shape index (κ1) is 16.1. The highest BCUT2D eigenvalue weighted by Gasteiger charge is 2.34. The molecule has 24 heavy (non-hydrogen) atoms. The Morgan fingerprint density at radius 2 is 1.46 bits per heavy atom. The molecule has 3 rings (SSSR count). The Balaban J connectivity index is 1.99. The first-order chi connectivity index (χ1) is 11.5. The van der Waals surface area contributed by atoms with Gasteiger partial charge in [-0.2, -0.15) is 0 Å². The summed E-state index contributed by atoms with van der Waals surface area (Å²) in [6.07, 6.45) is 1.58. The Hall–Kier alpha value is -2.79. The molecule has 1 saturated heterocycles. The number of aryl methyl sites for hydroxylation is 2. The quantitative estimate of drug-likeness (QED) is 0.521. The topological polar surface area (TPSA) is 49.4 Å². The molecule has 2 aromatic carbocycles. The number of hydrogen-bond acceptors (Lipinski definition) is 3. The minimum Gasteiger partial charge on any atom is -0.298 e. The molecule has 2 amide bonds. The number of rotatable bonds is 2. The molecular weight excluding hydrogens is 320 g/mol. The van der Waals surface area contributed by atoms with Gasteiger partial charge in [0.25, 0.3) is 11.8 Å². The number of nitrogens with one attached hydrogen (secondary N) is 1. The Morgan fingerprint density at radius 3 is 2.04 bits per heavy atom. The molecular formula is C19H16N2O2S. The van der Waals surface area contributed by atoms with E-state index in [2.05, 4.69) is 5.32 Å². The molecule has 2 aromatic rings. The van der Waals surface area contributed by atoms with Crippen LogP contribution < -0.4 is 10.2 Å². The summed E-state index contributed by atoms with van der Waals surface area (Å²) in [5.74, 6) is -0.901. The van der Waals surface area contributed by atoms with Crippen molar-refractivity contribution < 1.29 is 9.59 Å². The Kier molecular flexibility index (Phi) is 4.27. The van der Waals surface area contributed by atoms with E-state index in [0.29, 0.717) is 5.69 Å². The van der Waals surface area contributed by atoms with Gasteiger partial charge in [-0.1, -0.05) is 47.5 Å². The zero-order valence-corrected chi connectivity index (χ0v) is 14.2. The van der Waals surface area contributed by atoms with Crippen LogP contribution in [0.4, 0.5) is 5.69 Å². The highest BCUT2D eigenvalue weighted by Crippen LogP contribution is 2.22. The van der Waals surface area contributed by atoms with E-state index in [0.717, 1.165) is 16.7 Å². The zero-order valence-electron chi connectivity index (χ0n) is 13.4. The molecule has 1 fully saturated rings. The summed E-state index contributed by atoms with van der Waals surface area (Å²) < 4.78 is 0.